The standard InChI is InChI=1S/C9H14O2/c1-5-11-9(10)8(4)6-7(2)3/h6H,2,5H2,1,3-4H3/b8-6+. The second kappa shape index (κ2) is 4.72. The Morgan fingerprint density at radius 2 is 2.09 bits per heavy atom. The van der Waals surface area contributed by atoms with E-state index in [0.717, 1.165) is 5.57 Å². The van der Waals surface area contributed by atoms with Gasteiger partial charge in [-0.05, 0) is 26.8 Å². The Hall–Kier alpha value is -1.05. The number of hydrogen-bond acceptors (Lipinski definition) is 2. The molecule has 0 unspecified atom stereocenters. The molecule has 0 aromatic rings. The lowest BCUT2D eigenvalue weighted by atomic mass is 10.2. The van der Waals surface area contributed by atoms with Gasteiger partial charge in [-0.1, -0.05) is 12.2 Å². The van der Waals surface area contributed by atoms with Gasteiger partial charge in [0, 0.05) is 5.57 Å². The Morgan fingerprint density at radius 1 is 1.55 bits per heavy atom. The predicted molar refractivity (Wildman–Crippen MR) is 45.2 cm³/mol. The summed E-state index contributed by atoms with van der Waals surface area (Å²) in [5, 5.41) is 0. The molecule has 0 saturated carbocycles. The van der Waals surface area contributed by atoms with Gasteiger partial charge >= 0.3 is 5.97 Å². The van der Waals surface area contributed by atoms with E-state index in [1.165, 1.54) is 0 Å². The fourth-order valence-corrected chi connectivity index (χ4v) is 0.673. The van der Waals surface area contributed by atoms with Gasteiger partial charge in [-0.25, -0.2) is 4.79 Å². The van der Waals surface area contributed by atoms with Crippen LogP contribution >= 0.6 is 0 Å². The van der Waals surface area contributed by atoms with Crippen molar-refractivity contribution in [3.05, 3.63) is 23.8 Å². The largest absolute Gasteiger partial charge is 0.463 e. The number of ether oxygens (including phenoxy) is 1. The first-order valence-corrected chi connectivity index (χ1v) is 3.58. The third-order valence-corrected chi connectivity index (χ3v) is 1.06. The Balaban J connectivity index is 4.12. The van der Waals surface area contributed by atoms with Crippen molar-refractivity contribution in [3.63, 3.8) is 0 Å². The maximum Gasteiger partial charge on any atom is 0.333 e. The summed E-state index contributed by atoms with van der Waals surface area (Å²) < 4.78 is 4.76. The van der Waals surface area contributed by atoms with Crippen molar-refractivity contribution in [1.29, 1.82) is 0 Å². The van der Waals surface area contributed by atoms with Crippen molar-refractivity contribution < 1.29 is 9.53 Å². The Kier molecular flexibility index (Phi) is 4.27. The summed E-state index contributed by atoms with van der Waals surface area (Å²) in [5.74, 6) is -0.268. The molecule has 0 fully saturated rings. The smallest absolute Gasteiger partial charge is 0.333 e. The van der Waals surface area contributed by atoms with E-state index in [1.54, 1.807) is 19.9 Å². The van der Waals surface area contributed by atoms with Crippen LogP contribution in [0.5, 0.6) is 0 Å². The third-order valence-electron chi connectivity index (χ3n) is 1.06. The van der Waals surface area contributed by atoms with E-state index in [0.29, 0.717) is 12.2 Å². The molecule has 0 aliphatic carbocycles. The van der Waals surface area contributed by atoms with Crippen LogP contribution in [-0.4, -0.2) is 12.6 Å². The minimum Gasteiger partial charge on any atom is -0.463 e. The molecule has 0 spiro atoms. The molecule has 0 rings (SSSR count). The molecule has 2 nitrogen and oxygen atoms in total. The van der Waals surface area contributed by atoms with E-state index in [2.05, 4.69) is 6.58 Å². The highest BCUT2D eigenvalue weighted by molar-refractivity contribution is 5.88. The molecular formula is C9H14O2. The van der Waals surface area contributed by atoms with E-state index in [1.807, 2.05) is 6.92 Å². The third kappa shape index (κ3) is 4.37. The molecule has 0 aromatic heterocycles. The average molecular weight is 154 g/mol. The van der Waals surface area contributed by atoms with Crippen LogP contribution < -0.4 is 0 Å². The molecule has 0 aliphatic heterocycles. The maximum absolute atomic E-state index is 10.9. The highest BCUT2D eigenvalue weighted by Crippen LogP contribution is 2.00. The summed E-state index contributed by atoms with van der Waals surface area (Å²) in [5.41, 5.74) is 1.45. The Morgan fingerprint density at radius 3 is 2.45 bits per heavy atom. The van der Waals surface area contributed by atoms with Gasteiger partial charge < -0.3 is 4.74 Å². The van der Waals surface area contributed by atoms with E-state index < -0.39 is 0 Å². The van der Waals surface area contributed by atoms with Gasteiger partial charge in [-0.2, -0.15) is 0 Å². The van der Waals surface area contributed by atoms with Crippen LogP contribution in [0.3, 0.4) is 0 Å². The molecule has 0 aliphatic rings. The highest BCUT2D eigenvalue weighted by atomic mass is 16.5. The molecule has 0 aromatic carbocycles. The van der Waals surface area contributed by atoms with Crippen molar-refractivity contribution in [2.45, 2.75) is 20.8 Å². The Labute approximate surface area is 67.6 Å². The molecule has 0 bridgehead atoms. The summed E-state index contributed by atoms with van der Waals surface area (Å²) in [6, 6.07) is 0. The van der Waals surface area contributed by atoms with E-state index in [-0.39, 0.29) is 5.97 Å². The molecule has 0 saturated heterocycles. The van der Waals surface area contributed by atoms with Crippen LogP contribution in [0.2, 0.25) is 0 Å². The molecule has 0 amide bonds. The lowest BCUT2D eigenvalue weighted by Gasteiger charge is -2.00. The number of allylic oxidation sites excluding steroid dienone is 2. The fraction of sp³-hybridized carbons (Fsp3) is 0.444. The minimum atomic E-state index is -0.268. The van der Waals surface area contributed by atoms with Gasteiger partial charge in [0.05, 0.1) is 6.61 Å². The Bertz CT molecular complexity index is 190. The number of carbonyl (C=O) groups excluding carboxylic acids is 1. The van der Waals surface area contributed by atoms with Gasteiger partial charge in [0.2, 0.25) is 0 Å². The van der Waals surface area contributed by atoms with E-state index in [9.17, 15) is 4.79 Å². The number of esters is 1. The molecule has 62 valence electrons. The predicted octanol–water partition coefficient (Wildman–Crippen LogP) is 2.07. The van der Waals surface area contributed by atoms with Gasteiger partial charge in [0.1, 0.15) is 0 Å². The van der Waals surface area contributed by atoms with Gasteiger partial charge in [0.15, 0.2) is 0 Å². The highest BCUT2D eigenvalue weighted by Gasteiger charge is 2.02. The van der Waals surface area contributed by atoms with Crippen molar-refractivity contribution in [1.82, 2.24) is 0 Å². The van der Waals surface area contributed by atoms with Crippen LogP contribution in [0.4, 0.5) is 0 Å². The van der Waals surface area contributed by atoms with Gasteiger partial charge in [-0.3, -0.25) is 0 Å². The van der Waals surface area contributed by atoms with Crippen molar-refractivity contribution in [2.75, 3.05) is 6.61 Å². The topological polar surface area (TPSA) is 26.3 Å². The summed E-state index contributed by atoms with van der Waals surface area (Å²) >= 11 is 0. The lowest BCUT2D eigenvalue weighted by molar-refractivity contribution is -0.138. The first-order chi connectivity index (χ1) is 5.07. The average Bonchev–Trinajstić information content (AvgIpc) is 1.86. The molecule has 2 heteroatoms. The van der Waals surface area contributed by atoms with Gasteiger partial charge in [-0.15, -0.1) is 0 Å². The zero-order valence-electron chi connectivity index (χ0n) is 7.31. The monoisotopic (exact) mass is 154 g/mol. The second-order valence-electron chi connectivity index (χ2n) is 2.39. The van der Waals surface area contributed by atoms with E-state index >= 15 is 0 Å². The molecule has 0 heterocycles. The summed E-state index contributed by atoms with van der Waals surface area (Å²) in [7, 11) is 0. The number of carbonyl (C=O) groups is 1. The van der Waals surface area contributed by atoms with Crippen LogP contribution in [0.15, 0.2) is 23.8 Å². The zero-order valence-corrected chi connectivity index (χ0v) is 7.31. The fourth-order valence-electron chi connectivity index (χ4n) is 0.673. The van der Waals surface area contributed by atoms with Crippen LogP contribution in [0, 0.1) is 0 Å². The molecule has 0 radical (unpaired) electrons. The quantitative estimate of drug-likeness (QED) is 0.353. The molecule has 11 heavy (non-hydrogen) atoms. The van der Waals surface area contributed by atoms with E-state index in [4.69, 9.17) is 4.74 Å². The summed E-state index contributed by atoms with van der Waals surface area (Å²) in [4.78, 5) is 10.9. The van der Waals surface area contributed by atoms with Crippen molar-refractivity contribution in [2.24, 2.45) is 0 Å². The molecular weight excluding hydrogens is 140 g/mol. The zero-order chi connectivity index (χ0) is 8.85. The minimum absolute atomic E-state index is 0.268. The normalized spacial score (nSPS) is 11.0. The SMILES string of the molecule is C=C(C)/C=C(\C)C(=O)OCC. The number of rotatable bonds is 3. The maximum atomic E-state index is 10.9. The lowest BCUT2D eigenvalue weighted by Crippen LogP contribution is -2.04. The first kappa shape index (κ1) is 9.95. The van der Waals surface area contributed by atoms with Crippen molar-refractivity contribution in [3.8, 4) is 0 Å². The molecule has 0 atom stereocenters. The van der Waals surface area contributed by atoms with Gasteiger partial charge in [0.25, 0.3) is 0 Å². The molecule has 0 N–H and O–H groups in total. The van der Waals surface area contributed by atoms with Crippen LogP contribution in [-0.2, 0) is 9.53 Å². The second-order valence-corrected chi connectivity index (χ2v) is 2.39. The van der Waals surface area contributed by atoms with Crippen molar-refractivity contribution >= 4 is 5.97 Å². The summed E-state index contributed by atoms with van der Waals surface area (Å²) in [6.07, 6.45) is 1.71. The first-order valence-electron chi connectivity index (χ1n) is 3.58. The van der Waals surface area contributed by atoms with Crippen LogP contribution in [0.1, 0.15) is 20.8 Å². The number of hydrogen-bond donors (Lipinski definition) is 0. The summed E-state index contributed by atoms with van der Waals surface area (Å²) in [6.45, 7) is 9.40. The van der Waals surface area contributed by atoms with Crippen LogP contribution in [0.25, 0.3) is 0 Å².